The number of anilines is 1. The summed E-state index contributed by atoms with van der Waals surface area (Å²) in [6.07, 6.45) is -0.0254. The highest BCUT2D eigenvalue weighted by Crippen LogP contribution is 2.48. The lowest BCUT2D eigenvalue weighted by molar-refractivity contribution is -0.131. The first-order valence-electron chi connectivity index (χ1n) is 11.8. The van der Waals surface area contributed by atoms with E-state index in [9.17, 15) is 18.7 Å². The summed E-state index contributed by atoms with van der Waals surface area (Å²) in [5, 5.41) is 10.6. The molecule has 0 bridgehead atoms. The number of nitrogens with zero attached hydrogens (tertiary/aromatic N) is 1. The van der Waals surface area contributed by atoms with E-state index >= 15 is 0 Å². The van der Waals surface area contributed by atoms with Crippen molar-refractivity contribution in [3.8, 4) is 11.1 Å². The lowest BCUT2D eigenvalue weighted by atomic mass is 9.78. The number of β-lactam (4-membered cyclic amide) rings is 1. The van der Waals surface area contributed by atoms with E-state index < -0.39 is 6.10 Å². The minimum atomic E-state index is -0.810. The van der Waals surface area contributed by atoms with Crippen molar-refractivity contribution in [3.63, 3.8) is 0 Å². The molecule has 36 heavy (non-hydrogen) atoms. The first-order valence-corrected chi connectivity index (χ1v) is 12.3. The Morgan fingerprint density at radius 3 is 2.11 bits per heavy atom. The largest absolute Gasteiger partial charge is 0.388 e. The van der Waals surface area contributed by atoms with Crippen LogP contribution in [0.15, 0.2) is 102 Å². The lowest BCUT2D eigenvalue weighted by Crippen LogP contribution is -2.55. The summed E-state index contributed by atoms with van der Waals surface area (Å²) < 4.78 is 26.8. The van der Waals surface area contributed by atoms with Crippen LogP contribution in [0.4, 0.5) is 14.5 Å². The molecule has 1 amide bonds. The van der Waals surface area contributed by atoms with Gasteiger partial charge >= 0.3 is 0 Å². The number of halogens is 2. The number of carbonyl (C=O) groups is 1. The molecular formula is C30H25F2NO2S. The fourth-order valence-corrected chi connectivity index (χ4v) is 5.21. The van der Waals surface area contributed by atoms with E-state index in [-0.39, 0.29) is 29.5 Å². The fraction of sp³-hybridized carbons (Fsp3) is 0.167. The smallest absolute Gasteiger partial charge is 0.233 e. The SMILES string of the molecule is O=C1C(CC[C@H](O)c2ccc(F)cc2)C(c2ccc(-c3ccccc3)cc2S)N1c1ccc(F)cc1. The molecule has 4 aromatic carbocycles. The van der Waals surface area contributed by atoms with E-state index in [0.29, 0.717) is 24.1 Å². The molecule has 0 aliphatic carbocycles. The van der Waals surface area contributed by atoms with E-state index in [1.165, 1.54) is 24.3 Å². The van der Waals surface area contributed by atoms with Crippen LogP contribution < -0.4 is 4.90 Å². The van der Waals surface area contributed by atoms with Crippen molar-refractivity contribution in [1.82, 2.24) is 0 Å². The summed E-state index contributed by atoms with van der Waals surface area (Å²) in [4.78, 5) is 15.7. The molecule has 1 heterocycles. The first kappa shape index (κ1) is 24.2. The van der Waals surface area contributed by atoms with Gasteiger partial charge in [0.05, 0.1) is 18.1 Å². The molecule has 3 atom stereocenters. The molecule has 1 saturated heterocycles. The minimum Gasteiger partial charge on any atom is -0.388 e. The molecule has 1 fully saturated rings. The van der Waals surface area contributed by atoms with Gasteiger partial charge in [0.2, 0.25) is 5.91 Å². The molecule has 3 nitrogen and oxygen atoms in total. The van der Waals surface area contributed by atoms with E-state index in [1.54, 1.807) is 29.2 Å². The number of amides is 1. The van der Waals surface area contributed by atoms with Gasteiger partial charge in [-0.2, -0.15) is 0 Å². The predicted octanol–water partition coefficient (Wildman–Crippen LogP) is 7.14. The van der Waals surface area contributed by atoms with Crippen molar-refractivity contribution in [1.29, 1.82) is 0 Å². The summed E-state index contributed by atoms with van der Waals surface area (Å²) in [6, 6.07) is 27.3. The van der Waals surface area contributed by atoms with Gasteiger partial charge in [0.15, 0.2) is 0 Å². The zero-order chi connectivity index (χ0) is 25.2. The summed E-state index contributed by atoms with van der Waals surface area (Å²) in [5.74, 6) is -1.20. The highest BCUT2D eigenvalue weighted by Gasteiger charge is 2.49. The van der Waals surface area contributed by atoms with Gasteiger partial charge in [-0.3, -0.25) is 4.79 Å². The van der Waals surface area contributed by atoms with Crippen LogP contribution >= 0.6 is 12.6 Å². The zero-order valence-electron chi connectivity index (χ0n) is 19.4. The van der Waals surface area contributed by atoms with Gasteiger partial charge in [-0.25, -0.2) is 8.78 Å². The summed E-state index contributed by atoms with van der Waals surface area (Å²) in [5.41, 5.74) is 4.20. The second-order valence-corrected chi connectivity index (χ2v) is 9.50. The topological polar surface area (TPSA) is 40.5 Å². The normalized spacial score (nSPS) is 18.1. The molecule has 1 aliphatic heterocycles. The standard InChI is InChI=1S/C30H25F2NO2S/c31-22-9-6-20(7-10-22)27(34)17-16-26-29(33(30(26)35)24-13-11-23(32)12-14-24)25-15-8-21(18-28(25)36)19-4-2-1-3-5-19/h1-15,18,26-27,29,34,36H,16-17H2/t26?,27-,29?/m0/s1. The molecule has 6 heteroatoms. The van der Waals surface area contributed by atoms with E-state index in [4.69, 9.17) is 12.6 Å². The van der Waals surface area contributed by atoms with E-state index in [1.807, 2.05) is 48.5 Å². The van der Waals surface area contributed by atoms with Crippen molar-refractivity contribution < 1.29 is 18.7 Å². The third-order valence-electron chi connectivity index (χ3n) is 6.78. The van der Waals surface area contributed by atoms with E-state index in [0.717, 1.165) is 21.6 Å². The molecule has 1 N–H and O–H groups in total. The van der Waals surface area contributed by atoms with Crippen LogP contribution in [0.2, 0.25) is 0 Å². The Kier molecular flexibility index (Phi) is 6.90. The second-order valence-electron chi connectivity index (χ2n) is 9.02. The third kappa shape index (κ3) is 4.79. The first-order chi connectivity index (χ1) is 17.4. The van der Waals surface area contributed by atoms with Gasteiger partial charge in [0.1, 0.15) is 11.6 Å². The van der Waals surface area contributed by atoms with Gasteiger partial charge in [-0.1, -0.05) is 54.6 Å². The summed E-state index contributed by atoms with van der Waals surface area (Å²) in [6.45, 7) is 0. The zero-order valence-corrected chi connectivity index (χ0v) is 20.3. The molecule has 0 aromatic heterocycles. The number of thiol groups is 1. The Morgan fingerprint density at radius 2 is 1.47 bits per heavy atom. The number of hydrogen-bond donors (Lipinski definition) is 2. The Bertz CT molecular complexity index is 1360. The molecule has 0 saturated carbocycles. The predicted molar refractivity (Wildman–Crippen MR) is 140 cm³/mol. The van der Waals surface area contributed by atoms with Crippen molar-refractivity contribution in [2.24, 2.45) is 5.92 Å². The molecular weight excluding hydrogens is 476 g/mol. The third-order valence-corrected chi connectivity index (χ3v) is 7.17. The van der Waals surface area contributed by atoms with Gasteiger partial charge in [-0.15, -0.1) is 12.6 Å². The number of aliphatic hydroxyl groups excluding tert-OH is 1. The molecule has 0 spiro atoms. The van der Waals surface area contributed by atoms with Gasteiger partial charge in [0, 0.05) is 10.6 Å². The number of rotatable bonds is 7. The average molecular weight is 502 g/mol. The Morgan fingerprint density at radius 1 is 0.833 bits per heavy atom. The highest BCUT2D eigenvalue weighted by molar-refractivity contribution is 7.80. The van der Waals surface area contributed by atoms with Crippen LogP contribution in [0, 0.1) is 17.6 Å². The van der Waals surface area contributed by atoms with Crippen molar-refractivity contribution >= 4 is 24.2 Å². The molecule has 0 radical (unpaired) electrons. The van der Waals surface area contributed by atoms with Gasteiger partial charge in [0.25, 0.3) is 0 Å². The highest BCUT2D eigenvalue weighted by atomic mass is 32.1. The number of aliphatic hydroxyl groups is 1. The molecule has 5 rings (SSSR count). The average Bonchev–Trinajstić information content (AvgIpc) is 2.89. The van der Waals surface area contributed by atoms with Crippen molar-refractivity contribution in [2.45, 2.75) is 29.9 Å². The van der Waals surface area contributed by atoms with Gasteiger partial charge in [-0.05, 0) is 77.6 Å². The van der Waals surface area contributed by atoms with Crippen LogP contribution in [0.1, 0.15) is 36.1 Å². The molecule has 4 aromatic rings. The summed E-state index contributed by atoms with van der Waals surface area (Å²) >= 11 is 4.78. The molecule has 1 aliphatic rings. The maximum absolute atomic E-state index is 13.6. The van der Waals surface area contributed by atoms with Crippen LogP contribution in [0.25, 0.3) is 11.1 Å². The van der Waals surface area contributed by atoms with E-state index in [2.05, 4.69) is 0 Å². The molecule has 182 valence electrons. The fourth-order valence-electron chi connectivity index (χ4n) is 4.87. The van der Waals surface area contributed by atoms with Crippen molar-refractivity contribution in [2.75, 3.05) is 4.90 Å². The number of benzene rings is 4. The second kappa shape index (κ2) is 10.2. The number of carbonyl (C=O) groups excluding carboxylic acids is 1. The maximum Gasteiger partial charge on any atom is 0.233 e. The van der Waals surface area contributed by atoms with Crippen LogP contribution in [-0.4, -0.2) is 11.0 Å². The van der Waals surface area contributed by atoms with Crippen LogP contribution in [-0.2, 0) is 4.79 Å². The maximum atomic E-state index is 13.6. The monoisotopic (exact) mass is 501 g/mol. The Labute approximate surface area is 214 Å². The summed E-state index contributed by atoms with van der Waals surface area (Å²) in [7, 11) is 0. The van der Waals surface area contributed by atoms with Gasteiger partial charge < -0.3 is 10.0 Å². The Hall–Kier alpha value is -3.48. The quantitative estimate of drug-likeness (QED) is 0.209. The minimum absolute atomic E-state index is 0.0854. The lowest BCUT2D eigenvalue weighted by Gasteiger charge is -2.48. The van der Waals surface area contributed by atoms with Crippen molar-refractivity contribution in [3.05, 3.63) is 120 Å². The number of hydrogen-bond acceptors (Lipinski definition) is 3. The molecule has 2 unspecified atom stereocenters. The van der Waals surface area contributed by atoms with Crippen LogP contribution in [0.3, 0.4) is 0 Å². The van der Waals surface area contributed by atoms with Crippen LogP contribution in [0.5, 0.6) is 0 Å². The Balaban J connectivity index is 1.43.